The largest absolute Gasteiger partial charge is 0.504 e. The van der Waals surface area contributed by atoms with Crippen molar-refractivity contribution in [3.8, 4) is 11.5 Å². The molecular weight excluding hydrogens is 488 g/mol. The van der Waals surface area contributed by atoms with E-state index in [1.165, 1.54) is 24.0 Å². The number of aryl methyl sites for hydroxylation is 1. The summed E-state index contributed by atoms with van der Waals surface area (Å²) in [7, 11) is 0. The van der Waals surface area contributed by atoms with Crippen LogP contribution >= 0.6 is 0 Å². The lowest BCUT2D eigenvalue weighted by Crippen LogP contribution is -2.80. The molecule has 204 valence electrons. The molecule has 2 aromatic carbocycles. The van der Waals surface area contributed by atoms with Gasteiger partial charge in [0, 0.05) is 30.1 Å². The van der Waals surface area contributed by atoms with Crippen LogP contribution in [0.4, 0.5) is 0 Å². The predicted molar refractivity (Wildman–Crippen MR) is 148 cm³/mol. The Kier molecular flexibility index (Phi) is 5.13. The van der Waals surface area contributed by atoms with E-state index in [0.29, 0.717) is 18.7 Å². The number of carbonyl (C=O) groups excluding carboxylic acids is 1. The minimum Gasteiger partial charge on any atom is -0.504 e. The Hall–Kier alpha value is -2.83. The van der Waals surface area contributed by atoms with E-state index in [0.717, 1.165) is 56.7 Å². The van der Waals surface area contributed by atoms with Crippen LogP contribution in [0.1, 0.15) is 55.2 Å². The van der Waals surface area contributed by atoms with Gasteiger partial charge in [0.2, 0.25) is 5.91 Å². The lowest BCUT2D eigenvalue weighted by molar-refractivity contribution is -0.206. The van der Waals surface area contributed by atoms with Crippen molar-refractivity contribution in [2.45, 2.75) is 74.5 Å². The van der Waals surface area contributed by atoms with Gasteiger partial charge in [-0.3, -0.25) is 9.69 Å². The molecule has 3 fully saturated rings. The SMILES string of the molecule is O=C(NCCCCc1ccccc1)[C@H]1C[C@@]23C=C[C@@]1(O)[C@@H]1Oc4c(O)ccc5c4[C@@]12CCN(CC1CC1)[C@H]3C5. The minimum atomic E-state index is -1.40. The van der Waals surface area contributed by atoms with Crippen molar-refractivity contribution in [1.82, 2.24) is 10.2 Å². The second-order valence-corrected chi connectivity index (χ2v) is 13.1. The van der Waals surface area contributed by atoms with E-state index in [1.807, 2.05) is 12.1 Å². The molecule has 2 heterocycles. The van der Waals surface area contributed by atoms with Crippen LogP contribution in [0.3, 0.4) is 0 Å². The fraction of sp³-hybridized carbons (Fsp3) is 0.545. The highest BCUT2D eigenvalue weighted by molar-refractivity contribution is 5.82. The predicted octanol–water partition coefficient (Wildman–Crippen LogP) is 3.88. The highest BCUT2D eigenvalue weighted by atomic mass is 16.5. The number of carbonyl (C=O) groups is 1. The molecular formula is C33H38N2O4. The minimum absolute atomic E-state index is 0.0721. The molecule has 5 aliphatic carbocycles. The molecule has 39 heavy (non-hydrogen) atoms. The number of unbranched alkanes of at least 4 members (excludes halogenated alkanes) is 1. The van der Waals surface area contributed by atoms with Gasteiger partial charge in [0.15, 0.2) is 11.5 Å². The van der Waals surface area contributed by atoms with E-state index < -0.39 is 23.0 Å². The van der Waals surface area contributed by atoms with Crippen molar-refractivity contribution in [2.75, 3.05) is 19.6 Å². The van der Waals surface area contributed by atoms with Gasteiger partial charge in [0.05, 0.1) is 11.3 Å². The summed E-state index contributed by atoms with van der Waals surface area (Å²) in [5.74, 6) is 0.827. The molecule has 2 aliphatic heterocycles. The number of rotatable bonds is 8. The van der Waals surface area contributed by atoms with Crippen molar-refractivity contribution < 1.29 is 19.7 Å². The van der Waals surface area contributed by atoms with Crippen molar-refractivity contribution in [1.29, 1.82) is 0 Å². The number of aromatic hydroxyl groups is 1. The van der Waals surface area contributed by atoms with Crippen LogP contribution in [-0.2, 0) is 23.1 Å². The normalized spacial score (nSPS) is 36.9. The molecule has 6 atom stereocenters. The topological polar surface area (TPSA) is 82.0 Å². The third kappa shape index (κ3) is 3.19. The number of aliphatic hydroxyl groups is 1. The molecule has 0 aromatic heterocycles. The second kappa shape index (κ2) is 8.34. The summed E-state index contributed by atoms with van der Waals surface area (Å²) in [4.78, 5) is 16.5. The van der Waals surface area contributed by atoms with Gasteiger partial charge >= 0.3 is 0 Å². The van der Waals surface area contributed by atoms with Crippen molar-refractivity contribution in [2.24, 2.45) is 17.3 Å². The average Bonchev–Trinajstić information content (AvgIpc) is 3.68. The number of phenolic OH excluding ortho intramolecular Hbond substituents is 1. The van der Waals surface area contributed by atoms with Crippen molar-refractivity contribution in [3.05, 3.63) is 71.3 Å². The number of nitrogens with zero attached hydrogens (tertiary/aromatic N) is 1. The Morgan fingerprint density at radius 2 is 1.95 bits per heavy atom. The monoisotopic (exact) mass is 526 g/mol. The third-order valence-electron chi connectivity index (χ3n) is 11.1. The van der Waals surface area contributed by atoms with E-state index in [4.69, 9.17) is 4.74 Å². The molecule has 6 nitrogen and oxygen atoms in total. The lowest BCUT2D eigenvalue weighted by Gasteiger charge is -2.70. The molecule has 2 aromatic rings. The highest BCUT2D eigenvalue weighted by Gasteiger charge is 2.79. The average molecular weight is 527 g/mol. The molecule has 2 spiro atoms. The number of hydrogen-bond acceptors (Lipinski definition) is 5. The van der Waals surface area contributed by atoms with Gasteiger partial charge < -0.3 is 20.3 Å². The van der Waals surface area contributed by atoms with Gasteiger partial charge in [0.25, 0.3) is 0 Å². The van der Waals surface area contributed by atoms with Crippen LogP contribution < -0.4 is 10.1 Å². The number of amides is 1. The van der Waals surface area contributed by atoms with Crippen LogP contribution in [0.5, 0.6) is 11.5 Å². The molecule has 6 heteroatoms. The van der Waals surface area contributed by atoms with E-state index in [2.05, 4.69) is 46.6 Å². The summed E-state index contributed by atoms with van der Waals surface area (Å²) in [6.07, 6.45) is 11.5. The standard InChI is InChI=1S/C33H38N2O4/c36-25-12-11-23-18-26-31-13-14-33(38,24(19-31)29(37)34-16-5-4-8-21-6-2-1-3-7-21)30-32(31,27(23)28(25)39-30)15-17-35(26)20-22-9-10-22/h1-3,6-7,11-14,22,24,26,30,36,38H,4-5,8-10,15-20H2,(H,34,37)/t24-,26+,30-,31-,32+,33+/m1/s1. The molecule has 0 radical (unpaired) electrons. The molecule has 9 rings (SSSR count). The molecule has 0 unspecified atom stereocenters. The summed E-state index contributed by atoms with van der Waals surface area (Å²) in [6, 6.07) is 14.5. The summed E-state index contributed by atoms with van der Waals surface area (Å²) in [6.45, 7) is 2.69. The Balaban J connectivity index is 1.09. The summed E-state index contributed by atoms with van der Waals surface area (Å²) in [5.41, 5.74) is 1.56. The first-order valence-corrected chi connectivity index (χ1v) is 15.0. The number of nitrogens with one attached hydrogen (secondary N) is 1. The maximum absolute atomic E-state index is 13.8. The molecule has 1 saturated heterocycles. The van der Waals surface area contributed by atoms with E-state index in [9.17, 15) is 15.0 Å². The van der Waals surface area contributed by atoms with Crippen molar-refractivity contribution >= 4 is 5.91 Å². The zero-order valence-electron chi connectivity index (χ0n) is 22.4. The van der Waals surface area contributed by atoms with Crippen molar-refractivity contribution in [3.63, 3.8) is 0 Å². The molecule has 1 amide bonds. The first-order valence-electron chi connectivity index (χ1n) is 15.0. The fourth-order valence-corrected chi connectivity index (χ4v) is 9.22. The summed E-state index contributed by atoms with van der Waals surface area (Å²) in [5, 5.41) is 26.4. The molecule has 4 bridgehead atoms. The van der Waals surface area contributed by atoms with Gasteiger partial charge in [-0.15, -0.1) is 0 Å². The first kappa shape index (κ1) is 24.0. The maximum Gasteiger partial charge on any atom is 0.226 e. The zero-order chi connectivity index (χ0) is 26.4. The molecule has 7 aliphatic rings. The number of hydrogen-bond donors (Lipinski definition) is 3. The number of benzene rings is 2. The Morgan fingerprint density at radius 3 is 2.77 bits per heavy atom. The van der Waals surface area contributed by atoms with Gasteiger partial charge in [-0.2, -0.15) is 0 Å². The fourth-order valence-electron chi connectivity index (χ4n) is 9.22. The molecule has 3 N–H and O–H groups in total. The maximum atomic E-state index is 13.8. The Bertz CT molecular complexity index is 1350. The number of phenols is 1. The van der Waals surface area contributed by atoms with Crippen LogP contribution in [0.2, 0.25) is 0 Å². The van der Waals surface area contributed by atoms with Crippen LogP contribution in [0.25, 0.3) is 0 Å². The Labute approximate surface area is 230 Å². The Morgan fingerprint density at radius 1 is 1.10 bits per heavy atom. The zero-order valence-corrected chi connectivity index (χ0v) is 22.4. The number of fused-ring (bicyclic) bond motifs is 1. The van der Waals surface area contributed by atoms with E-state index in [-0.39, 0.29) is 23.1 Å². The van der Waals surface area contributed by atoms with E-state index in [1.54, 1.807) is 6.07 Å². The van der Waals surface area contributed by atoms with E-state index >= 15 is 0 Å². The third-order valence-corrected chi connectivity index (χ3v) is 11.1. The summed E-state index contributed by atoms with van der Waals surface area (Å²) >= 11 is 0. The smallest absolute Gasteiger partial charge is 0.226 e. The van der Waals surface area contributed by atoms with Crippen LogP contribution in [-0.4, -0.2) is 58.4 Å². The second-order valence-electron chi connectivity index (χ2n) is 13.1. The first-order chi connectivity index (χ1) is 19.0. The quantitative estimate of drug-likeness (QED) is 0.359. The van der Waals surface area contributed by atoms with Gasteiger partial charge in [-0.25, -0.2) is 0 Å². The number of piperidine rings is 1. The number of ether oxygens (including phenoxy) is 1. The lowest BCUT2D eigenvalue weighted by atomic mass is 9.37. The van der Waals surface area contributed by atoms with Crippen LogP contribution in [0.15, 0.2) is 54.6 Å². The van der Waals surface area contributed by atoms with Crippen LogP contribution in [0, 0.1) is 17.3 Å². The van der Waals surface area contributed by atoms with Gasteiger partial charge in [-0.1, -0.05) is 48.6 Å². The van der Waals surface area contributed by atoms with Gasteiger partial charge in [0.1, 0.15) is 11.7 Å². The molecule has 2 saturated carbocycles. The summed E-state index contributed by atoms with van der Waals surface area (Å²) < 4.78 is 6.59. The van der Waals surface area contributed by atoms with Gasteiger partial charge in [-0.05, 0) is 81.0 Å². The number of likely N-dealkylation sites (tertiary alicyclic amines) is 1. The highest BCUT2D eigenvalue weighted by Crippen LogP contribution is 2.74.